The van der Waals surface area contributed by atoms with Crippen LogP contribution in [0.1, 0.15) is 5.56 Å². The largest absolute Gasteiger partial charge is 0.481 e. The summed E-state index contributed by atoms with van der Waals surface area (Å²) in [7, 11) is 1.63. The molecule has 1 aliphatic heterocycles. The third-order valence-electron chi connectivity index (χ3n) is 5.44. The second-order valence-corrected chi connectivity index (χ2v) is 7.58. The fourth-order valence-corrected chi connectivity index (χ4v) is 3.90. The number of methoxy groups -OCH3 is 1. The molecule has 3 aromatic heterocycles. The summed E-state index contributed by atoms with van der Waals surface area (Å²) in [5.41, 5.74) is 5.01. The lowest BCUT2D eigenvalue weighted by atomic mass is 10.1. The average Bonchev–Trinajstić information content (AvgIpc) is 3.21. The number of ether oxygens (including phenoxy) is 1. The van der Waals surface area contributed by atoms with Crippen LogP contribution in [0.5, 0.6) is 5.88 Å². The number of imidazole rings is 1. The van der Waals surface area contributed by atoms with Crippen LogP contribution in [0, 0.1) is 0 Å². The summed E-state index contributed by atoms with van der Waals surface area (Å²) < 4.78 is 5.40. The molecule has 3 N–H and O–H groups in total. The molecule has 0 bridgehead atoms. The Bertz CT molecular complexity index is 1180. The van der Waals surface area contributed by atoms with Crippen LogP contribution in [0.2, 0.25) is 0 Å². The number of nitrogens with zero attached hydrogens (tertiary/aromatic N) is 4. The molecule has 31 heavy (non-hydrogen) atoms. The predicted molar refractivity (Wildman–Crippen MR) is 122 cm³/mol. The van der Waals surface area contributed by atoms with Crippen molar-refractivity contribution in [3.63, 3.8) is 0 Å². The number of benzene rings is 1. The standard InChI is InChI=1S/C23H25N7O/c1-31-22-18(3-2-7-26-22)17-4-5-19-20(14-17)28-23(27-19)29-21-13-16(6-8-25-21)15-30-11-9-24-10-12-30/h2-8,13-14,24H,9-12,15H2,1H3,(H2,25,27,28,29). The molecule has 8 nitrogen and oxygen atoms in total. The third-order valence-corrected chi connectivity index (χ3v) is 5.44. The number of hydrogen-bond donors (Lipinski definition) is 3. The minimum atomic E-state index is 0.602. The Kier molecular flexibility index (Phi) is 5.47. The maximum Gasteiger partial charge on any atom is 0.221 e. The molecule has 1 aromatic carbocycles. The van der Waals surface area contributed by atoms with Gasteiger partial charge in [-0.1, -0.05) is 6.07 Å². The molecule has 1 aliphatic rings. The molecule has 0 amide bonds. The fourth-order valence-electron chi connectivity index (χ4n) is 3.90. The van der Waals surface area contributed by atoms with Crippen LogP contribution < -0.4 is 15.4 Å². The minimum absolute atomic E-state index is 0.602. The first-order chi connectivity index (χ1) is 15.3. The number of H-pyrrole nitrogens is 1. The molecule has 0 unspecified atom stereocenters. The SMILES string of the molecule is COc1ncccc1-c1ccc2nc(Nc3cc(CN4CCNCC4)ccn3)[nH]c2c1. The number of nitrogens with one attached hydrogen (secondary N) is 3. The van der Waals surface area contributed by atoms with Crippen LogP contribution in [-0.2, 0) is 6.54 Å². The van der Waals surface area contributed by atoms with Crippen molar-refractivity contribution in [1.29, 1.82) is 0 Å². The minimum Gasteiger partial charge on any atom is -0.481 e. The van der Waals surface area contributed by atoms with E-state index in [2.05, 4.69) is 53.7 Å². The van der Waals surface area contributed by atoms with Gasteiger partial charge in [-0.05, 0) is 47.5 Å². The van der Waals surface area contributed by atoms with Gasteiger partial charge in [0.1, 0.15) is 5.82 Å². The van der Waals surface area contributed by atoms with Gasteiger partial charge in [-0.25, -0.2) is 15.0 Å². The summed E-state index contributed by atoms with van der Waals surface area (Å²) in [6.45, 7) is 5.15. The van der Waals surface area contributed by atoms with Gasteiger partial charge in [0, 0.05) is 50.7 Å². The van der Waals surface area contributed by atoms with E-state index in [-0.39, 0.29) is 0 Å². The molecule has 4 heterocycles. The molecule has 5 rings (SSSR count). The Morgan fingerprint density at radius 3 is 2.84 bits per heavy atom. The van der Waals surface area contributed by atoms with E-state index in [0.717, 1.165) is 60.7 Å². The Labute approximate surface area is 180 Å². The molecular formula is C23H25N7O. The Balaban J connectivity index is 1.36. The van der Waals surface area contributed by atoms with Crippen molar-refractivity contribution in [3.05, 3.63) is 60.4 Å². The average molecular weight is 416 g/mol. The van der Waals surface area contributed by atoms with Crippen molar-refractivity contribution in [2.45, 2.75) is 6.54 Å². The second kappa shape index (κ2) is 8.71. The topological polar surface area (TPSA) is 91.0 Å². The number of anilines is 2. The molecule has 0 spiro atoms. The van der Waals surface area contributed by atoms with Crippen LogP contribution in [0.4, 0.5) is 11.8 Å². The monoisotopic (exact) mass is 415 g/mol. The molecule has 0 saturated carbocycles. The lowest BCUT2D eigenvalue weighted by Gasteiger charge is -2.27. The normalized spacial score (nSPS) is 14.6. The quantitative estimate of drug-likeness (QED) is 0.446. The summed E-state index contributed by atoms with van der Waals surface area (Å²) in [6, 6.07) is 14.1. The fraction of sp³-hybridized carbons (Fsp3) is 0.261. The lowest BCUT2D eigenvalue weighted by Crippen LogP contribution is -2.42. The van der Waals surface area contributed by atoms with Gasteiger partial charge < -0.3 is 20.4 Å². The van der Waals surface area contributed by atoms with Gasteiger partial charge in [-0.3, -0.25) is 4.90 Å². The zero-order chi connectivity index (χ0) is 21.0. The number of pyridine rings is 2. The van der Waals surface area contributed by atoms with Crippen molar-refractivity contribution >= 4 is 22.8 Å². The van der Waals surface area contributed by atoms with Gasteiger partial charge >= 0.3 is 0 Å². The van der Waals surface area contributed by atoms with Gasteiger partial charge in [0.2, 0.25) is 11.8 Å². The molecule has 158 valence electrons. The van der Waals surface area contributed by atoms with Crippen molar-refractivity contribution in [3.8, 4) is 17.0 Å². The Morgan fingerprint density at radius 2 is 1.97 bits per heavy atom. The van der Waals surface area contributed by atoms with E-state index in [1.807, 2.05) is 30.5 Å². The summed E-state index contributed by atoms with van der Waals surface area (Å²) in [4.78, 5) is 19.2. The van der Waals surface area contributed by atoms with Crippen molar-refractivity contribution in [2.24, 2.45) is 0 Å². The van der Waals surface area contributed by atoms with E-state index < -0.39 is 0 Å². The molecule has 0 atom stereocenters. The van der Waals surface area contributed by atoms with Gasteiger partial charge in [0.05, 0.1) is 18.1 Å². The van der Waals surface area contributed by atoms with Gasteiger partial charge in [0.15, 0.2) is 0 Å². The summed E-state index contributed by atoms with van der Waals surface area (Å²) in [5.74, 6) is 2.04. The molecule has 0 radical (unpaired) electrons. The number of fused-ring (bicyclic) bond motifs is 1. The first-order valence-electron chi connectivity index (χ1n) is 10.4. The zero-order valence-corrected chi connectivity index (χ0v) is 17.4. The number of piperazine rings is 1. The number of aromatic nitrogens is 4. The van der Waals surface area contributed by atoms with Gasteiger partial charge in [0.25, 0.3) is 0 Å². The van der Waals surface area contributed by atoms with Crippen molar-refractivity contribution in [1.82, 2.24) is 30.2 Å². The Morgan fingerprint density at radius 1 is 1.06 bits per heavy atom. The van der Waals surface area contributed by atoms with Crippen LogP contribution >= 0.6 is 0 Å². The number of hydrogen-bond acceptors (Lipinski definition) is 7. The molecule has 1 saturated heterocycles. The van der Waals surface area contributed by atoms with E-state index in [9.17, 15) is 0 Å². The zero-order valence-electron chi connectivity index (χ0n) is 17.4. The lowest BCUT2D eigenvalue weighted by molar-refractivity contribution is 0.233. The highest BCUT2D eigenvalue weighted by Gasteiger charge is 2.12. The van der Waals surface area contributed by atoms with E-state index in [0.29, 0.717) is 11.8 Å². The number of rotatable bonds is 6. The first-order valence-corrected chi connectivity index (χ1v) is 10.4. The van der Waals surface area contributed by atoms with E-state index >= 15 is 0 Å². The molecule has 1 fully saturated rings. The van der Waals surface area contributed by atoms with Crippen molar-refractivity contribution < 1.29 is 4.74 Å². The Hall–Kier alpha value is -3.49. The van der Waals surface area contributed by atoms with Crippen LogP contribution in [-0.4, -0.2) is 58.1 Å². The van der Waals surface area contributed by atoms with E-state index in [1.54, 1.807) is 13.3 Å². The molecular weight excluding hydrogens is 390 g/mol. The maximum atomic E-state index is 5.40. The summed E-state index contributed by atoms with van der Waals surface area (Å²) in [5, 5.41) is 6.70. The van der Waals surface area contributed by atoms with E-state index in [1.165, 1.54) is 5.56 Å². The predicted octanol–water partition coefficient (Wildman–Crippen LogP) is 3.18. The maximum absolute atomic E-state index is 5.40. The molecule has 0 aliphatic carbocycles. The summed E-state index contributed by atoms with van der Waals surface area (Å²) >= 11 is 0. The smallest absolute Gasteiger partial charge is 0.221 e. The molecule has 8 heteroatoms. The summed E-state index contributed by atoms with van der Waals surface area (Å²) in [6.07, 6.45) is 3.57. The molecule has 4 aromatic rings. The highest BCUT2D eigenvalue weighted by molar-refractivity contribution is 5.84. The van der Waals surface area contributed by atoms with Crippen LogP contribution in [0.15, 0.2) is 54.9 Å². The van der Waals surface area contributed by atoms with Gasteiger partial charge in [-0.2, -0.15) is 0 Å². The van der Waals surface area contributed by atoms with Crippen LogP contribution in [0.25, 0.3) is 22.2 Å². The van der Waals surface area contributed by atoms with Crippen LogP contribution in [0.3, 0.4) is 0 Å². The third kappa shape index (κ3) is 4.35. The number of aromatic amines is 1. The highest BCUT2D eigenvalue weighted by Crippen LogP contribution is 2.30. The second-order valence-electron chi connectivity index (χ2n) is 7.58. The first kappa shape index (κ1) is 19.5. The van der Waals surface area contributed by atoms with Crippen molar-refractivity contribution in [2.75, 3.05) is 38.6 Å². The van der Waals surface area contributed by atoms with Gasteiger partial charge in [-0.15, -0.1) is 0 Å². The highest BCUT2D eigenvalue weighted by atomic mass is 16.5. The van der Waals surface area contributed by atoms with E-state index in [4.69, 9.17) is 4.74 Å².